The molecule has 1 aliphatic rings. The Labute approximate surface area is 120 Å². The normalized spacial score (nSPS) is 14.7. The van der Waals surface area contributed by atoms with E-state index in [9.17, 15) is 0 Å². The van der Waals surface area contributed by atoms with Gasteiger partial charge in [0.2, 0.25) is 5.28 Å². The first-order chi connectivity index (χ1) is 9.81. The number of hydrogen-bond donors (Lipinski definition) is 2. The lowest BCUT2D eigenvalue weighted by molar-refractivity contribution is 1.10. The van der Waals surface area contributed by atoms with E-state index in [1.807, 2.05) is 18.3 Å². The molecule has 5 nitrogen and oxygen atoms in total. The van der Waals surface area contributed by atoms with Crippen LogP contribution in [0.5, 0.6) is 0 Å². The molecule has 0 spiro atoms. The number of halogens is 1. The number of nitrogens with one attached hydrogen (secondary N) is 2. The number of aromatic amines is 1. The third-order valence-corrected chi connectivity index (χ3v) is 3.58. The Hall–Kier alpha value is -2.14. The van der Waals surface area contributed by atoms with Gasteiger partial charge in [0, 0.05) is 30.2 Å². The second kappa shape index (κ2) is 4.45. The van der Waals surface area contributed by atoms with E-state index in [1.165, 1.54) is 12.8 Å². The average molecular weight is 286 g/mol. The van der Waals surface area contributed by atoms with Crippen LogP contribution in [0, 0.1) is 0 Å². The van der Waals surface area contributed by atoms with Gasteiger partial charge >= 0.3 is 0 Å². The second-order valence-corrected chi connectivity index (χ2v) is 5.26. The minimum absolute atomic E-state index is 0.253. The minimum Gasteiger partial charge on any atom is -0.367 e. The van der Waals surface area contributed by atoms with Gasteiger partial charge in [0.1, 0.15) is 11.5 Å². The third-order valence-electron chi connectivity index (χ3n) is 3.41. The lowest BCUT2D eigenvalue weighted by Gasteiger charge is -2.07. The van der Waals surface area contributed by atoms with Crippen molar-refractivity contribution in [2.45, 2.75) is 18.9 Å². The maximum atomic E-state index is 5.99. The Bertz CT molecular complexity index is 764. The summed E-state index contributed by atoms with van der Waals surface area (Å²) in [4.78, 5) is 15.8. The molecule has 100 valence electrons. The van der Waals surface area contributed by atoms with Crippen molar-refractivity contribution in [1.82, 2.24) is 19.9 Å². The van der Waals surface area contributed by atoms with E-state index in [0.717, 1.165) is 28.0 Å². The lowest BCUT2D eigenvalue weighted by Crippen LogP contribution is -2.04. The van der Waals surface area contributed by atoms with Crippen LogP contribution in [0.15, 0.2) is 30.7 Å². The van der Waals surface area contributed by atoms with Gasteiger partial charge in [-0.3, -0.25) is 4.98 Å². The summed E-state index contributed by atoms with van der Waals surface area (Å²) < 4.78 is 0. The Balaban J connectivity index is 1.93. The zero-order chi connectivity index (χ0) is 13.5. The van der Waals surface area contributed by atoms with E-state index in [4.69, 9.17) is 11.6 Å². The predicted molar refractivity (Wildman–Crippen MR) is 78.8 cm³/mol. The van der Waals surface area contributed by atoms with Crippen LogP contribution < -0.4 is 5.32 Å². The summed E-state index contributed by atoms with van der Waals surface area (Å²) >= 11 is 5.99. The fourth-order valence-corrected chi connectivity index (χ4v) is 2.46. The molecular weight excluding hydrogens is 274 g/mol. The van der Waals surface area contributed by atoms with E-state index in [1.54, 1.807) is 12.4 Å². The summed E-state index contributed by atoms with van der Waals surface area (Å²) in [5.74, 6) is 0.801. The van der Waals surface area contributed by atoms with Crippen molar-refractivity contribution in [3.8, 4) is 11.1 Å². The van der Waals surface area contributed by atoms with Gasteiger partial charge in [0.25, 0.3) is 0 Å². The van der Waals surface area contributed by atoms with Crippen molar-refractivity contribution in [3.63, 3.8) is 0 Å². The molecule has 3 heterocycles. The number of nitrogens with zero attached hydrogens (tertiary/aromatic N) is 3. The summed E-state index contributed by atoms with van der Waals surface area (Å²) in [5, 5.41) is 4.66. The summed E-state index contributed by atoms with van der Waals surface area (Å²) in [6.45, 7) is 0. The number of aromatic nitrogens is 4. The smallest absolute Gasteiger partial charge is 0.226 e. The zero-order valence-corrected chi connectivity index (χ0v) is 11.4. The van der Waals surface area contributed by atoms with Crippen molar-refractivity contribution >= 4 is 28.5 Å². The number of pyridine rings is 1. The fraction of sp³-hybridized carbons (Fsp3) is 0.214. The topological polar surface area (TPSA) is 66.5 Å². The predicted octanol–water partition coefficient (Wildman–Crippen LogP) is 3.25. The summed E-state index contributed by atoms with van der Waals surface area (Å²) in [7, 11) is 0. The van der Waals surface area contributed by atoms with Crippen LogP contribution in [0.3, 0.4) is 0 Å². The molecule has 0 unspecified atom stereocenters. The van der Waals surface area contributed by atoms with E-state index in [0.29, 0.717) is 6.04 Å². The molecule has 0 atom stereocenters. The third kappa shape index (κ3) is 2.00. The van der Waals surface area contributed by atoms with Crippen LogP contribution in [0.1, 0.15) is 12.8 Å². The first-order valence-electron chi connectivity index (χ1n) is 6.53. The maximum absolute atomic E-state index is 5.99. The summed E-state index contributed by atoms with van der Waals surface area (Å²) in [5.41, 5.74) is 2.89. The molecular formula is C14H12ClN5. The van der Waals surface area contributed by atoms with Crippen LogP contribution in [-0.2, 0) is 0 Å². The van der Waals surface area contributed by atoms with Gasteiger partial charge < -0.3 is 10.3 Å². The van der Waals surface area contributed by atoms with Gasteiger partial charge in [-0.1, -0.05) is 0 Å². The highest BCUT2D eigenvalue weighted by Crippen LogP contribution is 2.35. The zero-order valence-electron chi connectivity index (χ0n) is 10.6. The first-order valence-corrected chi connectivity index (χ1v) is 6.90. The largest absolute Gasteiger partial charge is 0.367 e. The highest BCUT2D eigenvalue weighted by Gasteiger charge is 2.24. The van der Waals surface area contributed by atoms with Crippen LogP contribution >= 0.6 is 11.6 Å². The van der Waals surface area contributed by atoms with E-state index >= 15 is 0 Å². The minimum atomic E-state index is 0.253. The Kier molecular flexibility index (Phi) is 2.60. The standard InChI is InChI=1S/C14H12ClN5/c15-14-19-12-11(13(20-14)18-9-1-2-9)10(7-17-12)8-3-5-16-6-4-8/h3-7,9H,1-2H2,(H2,17,18,19,20). The number of rotatable bonds is 3. The Morgan fingerprint density at radius 3 is 2.75 bits per heavy atom. The molecule has 2 N–H and O–H groups in total. The number of fused-ring (bicyclic) bond motifs is 1. The van der Waals surface area contributed by atoms with Gasteiger partial charge in [-0.25, -0.2) is 4.98 Å². The van der Waals surface area contributed by atoms with Gasteiger partial charge in [0.05, 0.1) is 5.39 Å². The van der Waals surface area contributed by atoms with Crippen molar-refractivity contribution in [2.24, 2.45) is 0 Å². The highest BCUT2D eigenvalue weighted by molar-refractivity contribution is 6.29. The summed E-state index contributed by atoms with van der Waals surface area (Å²) in [6.07, 6.45) is 7.84. The first kappa shape index (κ1) is 11.7. The van der Waals surface area contributed by atoms with Gasteiger partial charge in [-0.15, -0.1) is 0 Å². The van der Waals surface area contributed by atoms with E-state index in [2.05, 4.69) is 25.3 Å². The van der Waals surface area contributed by atoms with Gasteiger partial charge in [-0.2, -0.15) is 4.98 Å². The van der Waals surface area contributed by atoms with Crippen LogP contribution in [0.2, 0.25) is 5.28 Å². The Morgan fingerprint density at radius 2 is 2.00 bits per heavy atom. The number of anilines is 1. The molecule has 0 amide bonds. The lowest BCUT2D eigenvalue weighted by atomic mass is 10.1. The van der Waals surface area contributed by atoms with E-state index < -0.39 is 0 Å². The van der Waals surface area contributed by atoms with Crippen LogP contribution in [-0.4, -0.2) is 26.0 Å². The van der Waals surface area contributed by atoms with Crippen LogP contribution in [0.25, 0.3) is 22.2 Å². The molecule has 1 fully saturated rings. The molecule has 0 bridgehead atoms. The highest BCUT2D eigenvalue weighted by atomic mass is 35.5. The molecule has 0 aromatic carbocycles. The van der Waals surface area contributed by atoms with Crippen molar-refractivity contribution in [3.05, 3.63) is 36.0 Å². The fourth-order valence-electron chi connectivity index (χ4n) is 2.29. The summed E-state index contributed by atoms with van der Waals surface area (Å²) in [6, 6.07) is 4.44. The second-order valence-electron chi connectivity index (χ2n) is 4.92. The monoisotopic (exact) mass is 285 g/mol. The van der Waals surface area contributed by atoms with E-state index in [-0.39, 0.29) is 5.28 Å². The average Bonchev–Trinajstić information content (AvgIpc) is 3.16. The maximum Gasteiger partial charge on any atom is 0.226 e. The molecule has 1 saturated carbocycles. The number of H-pyrrole nitrogens is 1. The molecule has 0 radical (unpaired) electrons. The SMILES string of the molecule is Clc1nc(NC2CC2)c2c(-c3ccncc3)c[nH]c2n1. The Morgan fingerprint density at radius 1 is 1.20 bits per heavy atom. The molecule has 3 aromatic rings. The van der Waals surface area contributed by atoms with Gasteiger partial charge in [0.15, 0.2) is 0 Å². The molecule has 1 aliphatic carbocycles. The molecule has 6 heteroatoms. The van der Waals surface area contributed by atoms with Crippen LogP contribution in [0.4, 0.5) is 5.82 Å². The molecule has 0 aliphatic heterocycles. The quantitative estimate of drug-likeness (QED) is 0.725. The van der Waals surface area contributed by atoms with Crippen molar-refractivity contribution < 1.29 is 0 Å². The molecule has 0 saturated heterocycles. The van der Waals surface area contributed by atoms with Crippen molar-refractivity contribution in [1.29, 1.82) is 0 Å². The number of hydrogen-bond acceptors (Lipinski definition) is 4. The van der Waals surface area contributed by atoms with Crippen molar-refractivity contribution in [2.75, 3.05) is 5.32 Å². The molecule has 20 heavy (non-hydrogen) atoms. The molecule has 3 aromatic heterocycles. The molecule has 4 rings (SSSR count). The van der Waals surface area contributed by atoms with Gasteiger partial charge in [-0.05, 0) is 42.1 Å².